The maximum atomic E-state index is 13.1. The Morgan fingerprint density at radius 1 is 0.889 bits per heavy atom. The Hall–Kier alpha value is -1.80. The third-order valence-corrected chi connectivity index (χ3v) is 1.95. The molecule has 0 atom stereocenters. The Morgan fingerprint density at radius 2 is 1.22 bits per heavy atom. The molecule has 100 valence electrons. The Labute approximate surface area is 94.6 Å². The van der Waals surface area contributed by atoms with Crippen LogP contribution in [0.4, 0.5) is 30.7 Å². The number of carboxylic acids is 1. The molecule has 1 N–H and O–H groups in total. The average molecular weight is 276 g/mol. The molecule has 0 amide bonds. The summed E-state index contributed by atoms with van der Waals surface area (Å²) in [7, 11) is 0. The number of carbonyl (C=O) groups is 1. The molecule has 0 fully saturated rings. The molecule has 0 aliphatic heterocycles. The lowest BCUT2D eigenvalue weighted by Gasteiger charge is -2.16. The van der Waals surface area contributed by atoms with Crippen molar-refractivity contribution in [3.05, 3.63) is 34.6 Å². The van der Waals surface area contributed by atoms with E-state index >= 15 is 0 Å². The van der Waals surface area contributed by atoms with E-state index < -0.39 is 53.0 Å². The Balaban J connectivity index is 3.55. The van der Waals surface area contributed by atoms with Gasteiger partial charge in [-0.1, -0.05) is 0 Å². The van der Waals surface area contributed by atoms with Gasteiger partial charge < -0.3 is 5.11 Å². The first-order chi connectivity index (χ1) is 8.09. The third kappa shape index (κ3) is 2.24. The van der Waals surface area contributed by atoms with Gasteiger partial charge in [-0.25, -0.2) is 30.7 Å². The fourth-order valence-electron chi connectivity index (χ4n) is 1.20. The van der Waals surface area contributed by atoms with Gasteiger partial charge in [0.1, 0.15) is 6.42 Å². The van der Waals surface area contributed by atoms with Crippen molar-refractivity contribution in [3.8, 4) is 0 Å². The first-order valence-corrected chi connectivity index (χ1v) is 4.21. The quantitative estimate of drug-likeness (QED) is 0.523. The van der Waals surface area contributed by atoms with Crippen LogP contribution in [-0.4, -0.2) is 11.1 Å². The molecule has 0 saturated carbocycles. The average Bonchev–Trinajstić information content (AvgIpc) is 2.21. The van der Waals surface area contributed by atoms with Crippen LogP contribution < -0.4 is 0 Å². The van der Waals surface area contributed by atoms with Crippen LogP contribution in [0.2, 0.25) is 0 Å². The zero-order valence-corrected chi connectivity index (χ0v) is 8.21. The van der Waals surface area contributed by atoms with E-state index in [0.717, 1.165) is 0 Å². The van der Waals surface area contributed by atoms with Gasteiger partial charge in [0.05, 0.1) is 5.56 Å². The smallest absolute Gasteiger partial charge is 0.309 e. The minimum Gasteiger partial charge on any atom is -0.481 e. The zero-order chi connectivity index (χ0) is 14.2. The highest BCUT2D eigenvalue weighted by Crippen LogP contribution is 2.37. The molecule has 0 bridgehead atoms. The number of aliphatic carboxylic acids is 1. The SMILES string of the molecule is O=C(O)CC(F)(F)c1c(F)c(F)c(F)c(F)c1F. The molecule has 0 heterocycles. The van der Waals surface area contributed by atoms with E-state index in [1.165, 1.54) is 0 Å². The van der Waals surface area contributed by atoms with Crippen molar-refractivity contribution >= 4 is 5.97 Å². The van der Waals surface area contributed by atoms with E-state index in [4.69, 9.17) is 5.11 Å². The van der Waals surface area contributed by atoms with Crippen LogP contribution >= 0.6 is 0 Å². The summed E-state index contributed by atoms with van der Waals surface area (Å²) in [5, 5.41) is 8.10. The van der Waals surface area contributed by atoms with Crippen LogP contribution in [0.3, 0.4) is 0 Å². The van der Waals surface area contributed by atoms with Crippen LogP contribution in [-0.2, 0) is 10.7 Å². The molecule has 0 unspecified atom stereocenters. The third-order valence-electron chi connectivity index (χ3n) is 1.95. The second-order valence-electron chi connectivity index (χ2n) is 3.22. The number of hydrogen-bond donors (Lipinski definition) is 1. The van der Waals surface area contributed by atoms with Crippen LogP contribution in [0.25, 0.3) is 0 Å². The van der Waals surface area contributed by atoms with Gasteiger partial charge >= 0.3 is 5.97 Å². The van der Waals surface area contributed by atoms with Crippen molar-refractivity contribution in [1.29, 1.82) is 0 Å². The molecule has 2 nitrogen and oxygen atoms in total. The lowest BCUT2D eigenvalue weighted by molar-refractivity contribution is -0.146. The highest BCUT2D eigenvalue weighted by atomic mass is 19.3. The van der Waals surface area contributed by atoms with Crippen molar-refractivity contribution in [2.45, 2.75) is 12.3 Å². The molecule has 0 radical (unpaired) electrons. The normalized spacial score (nSPS) is 11.7. The lowest BCUT2D eigenvalue weighted by atomic mass is 10.0. The van der Waals surface area contributed by atoms with Gasteiger partial charge in [0.2, 0.25) is 5.82 Å². The molecule has 1 aromatic rings. The zero-order valence-electron chi connectivity index (χ0n) is 8.21. The first kappa shape index (κ1) is 14.3. The molecular weight excluding hydrogens is 273 g/mol. The molecule has 0 aliphatic carbocycles. The molecule has 0 spiro atoms. The summed E-state index contributed by atoms with van der Waals surface area (Å²) in [5.74, 6) is -20.1. The van der Waals surface area contributed by atoms with Crippen molar-refractivity contribution < 1.29 is 40.6 Å². The Kier molecular flexibility index (Phi) is 3.54. The van der Waals surface area contributed by atoms with Gasteiger partial charge in [-0.05, 0) is 0 Å². The van der Waals surface area contributed by atoms with Gasteiger partial charge in [0.15, 0.2) is 23.3 Å². The number of benzene rings is 1. The number of alkyl halides is 2. The van der Waals surface area contributed by atoms with E-state index in [1.54, 1.807) is 0 Å². The molecule has 1 aromatic carbocycles. The number of halogens is 7. The van der Waals surface area contributed by atoms with Crippen LogP contribution in [0.1, 0.15) is 12.0 Å². The van der Waals surface area contributed by atoms with Crippen molar-refractivity contribution in [2.75, 3.05) is 0 Å². The molecule has 0 saturated heterocycles. The highest BCUT2D eigenvalue weighted by Gasteiger charge is 2.43. The van der Waals surface area contributed by atoms with E-state index in [-0.39, 0.29) is 0 Å². The van der Waals surface area contributed by atoms with Gasteiger partial charge in [0.25, 0.3) is 5.92 Å². The van der Waals surface area contributed by atoms with Crippen molar-refractivity contribution in [3.63, 3.8) is 0 Å². The second-order valence-corrected chi connectivity index (χ2v) is 3.22. The number of carboxylic acid groups (broad SMARTS) is 1. The van der Waals surface area contributed by atoms with E-state index in [9.17, 15) is 35.5 Å². The largest absolute Gasteiger partial charge is 0.481 e. The van der Waals surface area contributed by atoms with Crippen molar-refractivity contribution in [1.82, 2.24) is 0 Å². The van der Waals surface area contributed by atoms with Gasteiger partial charge in [-0.3, -0.25) is 4.79 Å². The van der Waals surface area contributed by atoms with Crippen LogP contribution in [0.5, 0.6) is 0 Å². The van der Waals surface area contributed by atoms with E-state index in [2.05, 4.69) is 0 Å². The molecule has 1 rings (SSSR count). The summed E-state index contributed by atoms with van der Waals surface area (Å²) < 4.78 is 89.9. The highest BCUT2D eigenvalue weighted by molar-refractivity contribution is 5.68. The summed E-state index contributed by atoms with van der Waals surface area (Å²) >= 11 is 0. The summed E-state index contributed by atoms with van der Waals surface area (Å²) in [6, 6.07) is 0. The molecular formula is C9H3F7O2. The van der Waals surface area contributed by atoms with Gasteiger partial charge in [-0.2, -0.15) is 0 Å². The Morgan fingerprint density at radius 3 is 1.56 bits per heavy atom. The molecule has 9 heteroatoms. The Bertz CT molecular complexity index is 483. The van der Waals surface area contributed by atoms with Gasteiger partial charge in [-0.15, -0.1) is 0 Å². The molecule has 0 aliphatic rings. The summed E-state index contributed by atoms with van der Waals surface area (Å²) in [6.45, 7) is 0. The monoisotopic (exact) mass is 276 g/mol. The maximum absolute atomic E-state index is 13.1. The predicted molar refractivity (Wildman–Crippen MR) is 42.4 cm³/mol. The fraction of sp³-hybridized carbons (Fsp3) is 0.222. The summed E-state index contributed by atoms with van der Waals surface area (Å²) in [5.41, 5.74) is -2.46. The van der Waals surface area contributed by atoms with Gasteiger partial charge in [0, 0.05) is 0 Å². The lowest BCUT2D eigenvalue weighted by Crippen LogP contribution is -2.24. The topological polar surface area (TPSA) is 37.3 Å². The summed E-state index contributed by atoms with van der Waals surface area (Å²) in [4.78, 5) is 10.1. The van der Waals surface area contributed by atoms with Crippen molar-refractivity contribution in [2.24, 2.45) is 0 Å². The summed E-state index contributed by atoms with van der Waals surface area (Å²) in [6.07, 6.45) is -2.11. The van der Waals surface area contributed by atoms with Crippen LogP contribution in [0, 0.1) is 29.1 Å². The number of rotatable bonds is 3. The van der Waals surface area contributed by atoms with E-state index in [1.807, 2.05) is 0 Å². The number of hydrogen-bond acceptors (Lipinski definition) is 1. The molecule has 18 heavy (non-hydrogen) atoms. The first-order valence-electron chi connectivity index (χ1n) is 4.21. The van der Waals surface area contributed by atoms with Crippen LogP contribution in [0.15, 0.2) is 0 Å². The maximum Gasteiger partial charge on any atom is 0.309 e. The fourth-order valence-corrected chi connectivity index (χ4v) is 1.20. The minimum atomic E-state index is -4.73. The molecule has 0 aromatic heterocycles. The second kappa shape index (κ2) is 4.46. The minimum absolute atomic E-state index is 2.11. The predicted octanol–water partition coefficient (Wildman–Crippen LogP) is 2.95. The standard InChI is InChI=1S/C9H3F7O2/c10-4-3(9(15,16)1-2(17)18)5(11)7(13)8(14)6(4)12/h1H2,(H,17,18). The van der Waals surface area contributed by atoms with E-state index in [0.29, 0.717) is 0 Å².